The maximum absolute atomic E-state index is 10.9. The van der Waals surface area contributed by atoms with Crippen LogP contribution in [0.15, 0.2) is 48.5 Å². The summed E-state index contributed by atoms with van der Waals surface area (Å²) in [6, 6.07) is 15.7. The molecule has 2 aromatic rings. The fraction of sp³-hybridized carbons (Fsp3) is 0.278. The van der Waals surface area contributed by atoms with Crippen LogP contribution in [0.4, 0.5) is 0 Å². The summed E-state index contributed by atoms with van der Waals surface area (Å²) in [7, 11) is 0. The van der Waals surface area contributed by atoms with E-state index in [0.717, 1.165) is 37.1 Å². The van der Waals surface area contributed by atoms with Crippen molar-refractivity contribution in [1.29, 1.82) is 0 Å². The molecule has 0 aliphatic carbocycles. The Morgan fingerprint density at radius 3 is 2.57 bits per heavy atom. The summed E-state index contributed by atoms with van der Waals surface area (Å²) in [5.41, 5.74) is 3.88. The normalized spacial score (nSPS) is 10.5. The lowest BCUT2D eigenvalue weighted by Crippen LogP contribution is -2.16. The van der Waals surface area contributed by atoms with Crippen LogP contribution in [-0.4, -0.2) is 17.6 Å². The smallest absolute Gasteiger partial charge is 0.335 e. The predicted octanol–water partition coefficient (Wildman–Crippen LogP) is 3.42. The van der Waals surface area contributed by atoms with Gasteiger partial charge in [0.05, 0.1) is 5.56 Å². The Labute approximate surface area is 125 Å². The van der Waals surface area contributed by atoms with Gasteiger partial charge in [0.15, 0.2) is 0 Å². The zero-order valence-corrected chi connectivity index (χ0v) is 12.3. The monoisotopic (exact) mass is 283 g/mol. The number of carboxylic acid groups (broad SMARTS) is 1. The van der Waals surface area contributed by atoms with E-state index < -0.39 is 5.97 Å². The molecule has 0 saturated heterocycles. The summed E-state index contributed by atoms with van der Waals surface area (Å²) < 4.78 is 0. The van der Waals surface area contributed by atoms with Crippen LogP contribution >= 0.6 is 0 Å². The van der Waals surface area contributed by atoms with Gasteiger partial charge in [-0.15, -0.1) is 0 Å². The molecule has 21 heavy (non-hydrogen) atoms. The molecule has 0 aliphatic rings. The number of nitrogens with one attached hydrogen (secondary N) is 1. The van der Waals surface area contributed by atoms with Crippen molar-refractivity contribution < 1.29 is 9.90 Å². The van der Waals surface area contributed by atoms with Gasteiger partial charge >= 0.3 is 5.97 Å². The molecular weight excluding hydrogens is 262 g/mol. The molecule has 0 spiro atoms. The molecule has 110 valence electrons. The summed E-state index contributed by atoms with van der Waals surface area (Å²) >= 11 is 0. The van der Waals surface area contributed by atoms with E-state index in [9.17, 15) is 4.79 Å². The average molecular weight is 283 g/mol. The molecule has 3 heteroatoms. The van der Waals surface area contributed by atoms with Crippen LogP contribution in [0.2, 0.25) is 0 Å². The summed E-state index contributed by atoms with van der Waals surface area (Å²) in [4.78, 5) is 10.9. The van der Waals surface area contributed by atoms with E-state index in [4.69, 9.17) is 5.11 Å². The van der Waals surface area contributed by atoms with E-state index in [0.29, 0.717) is 5.56 Å². The lowest BCUT2D eigenvalue weighted by molar-refractivity contribution is 0.0697. The highest BCUT2D eigenvalue weighted by Gasteiger charge is 2.05. The van der Waals surface area contributed by atoms with Gasteiger partial charge in [0.2, 0.25) is 0 Å². The van der Waals surface area contributed by atoms with Crippen molar-refractivity contribution in [3.8, 4) is 0 Å². The van der Waals surface area contributed by atoms with E-state index in [1.165, 1.54) is 5.56 Å². The van der Waals surface area contributed by atoms with Crippen LogP contribution in [0, 0.1) is 6.92 Å². The minimum Gasteiger partial charge on any atom is -0.478 e. The predicted molar refractivity (Wildman–Crippen MR) is 84.6 cm³/mol. The molecule has 2 rings (SSSR count). The van der Waals surface area contributed by atoms with Gasteiger partial charge in [-0.05, 0) is 55.1 Å². The van der Waals surface area contributed by atoms with Crippen molar-refractivity contribution in [3.05, 3.63) is 70.8 Å². The van der Waals surface area contributed by atoms with E-state index in [2.05, 4.69) is 29.6 Å². The number of aromatic carboxylic acids is 1. The quantitative estimate of drug-likeness (QED) is 0.766. The van der Waals surface area contributed by atoms with Crippen molar-refractivity contribution in [3.63, 3.8) is 0 Å². The molecule has 0 bridgehead atoms. The third-order valence-electron chi connectivity index (χ3n) is 3.57. The molecule has 0 amide bonds. The van der Waals surface area contributed by atoms with E-state index in [1.807, 2.05) is 19.1 Å². The average Bonchev–Trinajstić information content (AvgIpc) is 2.49. The Morgan fingerprint density at radius 2 is 1.90 bits per heavy atom. The molecule has 0 heterocycles. The lowest BCUT2D eigenvalue weighted by Gasteiger charge is -2.09. The van der Waals surface area contributed by atoms with Gasteiger partial charge < -0.3 is 10.4 Å². The number of rotatable bonds is 7. The molecule has 0 aromatic heterocycles. The van der Waals surface area contributed by atoms with Gasteiger partial charge in [0.1, 0.15) is 0 Å². The van der Waals surface area contributed by atoms with Crippen molar-refractivity contribution in [2.75, 3.05) is 6.54 Å². The van der Waals surface area contributed by atoms with Crippen LogP contribution in [-0.2, 0) is 13.0 Å². The third-order valence-corrected chi connectivity index (χ3v) is 3.57. The zero-order valence-electron chi connectivity index (χ0n) is 12.3. The van der Waals surface area contributed by atoms with Crippen LogP contribution in [0.1, 0.15) is 33.5 Å². The Bertz CT molecular complexity index is 593. The summed E-state index contributed by atoms with van der Waals surface area (Å²) in [6.45, 7) is 3.68. The first-order valence-electron chi connectivity index (χ1n) is 7.24. The topological polar surface area (TPSA) is 49.3 Å². The molecule has 0 fully saturated rings. The number of carbonyl (C=O) groups is 1. The molecule has 3 nitrogen and oxygen atoms in total. The molecule has 0 unspecified atom stereocenters. The van der Waals surface area contributed by atoms with E-state index in [1.54, 1.807) is 12.1 Å². The minimum atomic E-state index is -0.875. The highest BCUT2D eigenvalue weighted by molar-refractivity contribution is 5.87. The number of carboxylic acids is 1. The molecule has 0 atom stereocenters. The molecule has 0 radical (unpaired) electrons. The fourth-order valence-electron chi connectivity index (χ4n) is 2.31. The number of aryl methyl sites for hydroxylation is 2. The summed E-state index contributed by atoms with van der Waals surface area (Å²) in [5, 5.41) is 12.4. The minimum absolute atomic E-state index is 0.348. The first-order chi connectivity index (χ1) is 10.2. The van der Waals surface area contributed by atoms with Crippen LogP contribution < -0.4 is 5.32 Å². The third kappa shape index (κ3) is 4.72. The second-order valence-electron chi connectivity index (χ2n) is 5.21. The van der Waals surface area contributed by atoms with E-state index >= 15 is 0 Å². The highest BCUT2D eigenvalue weighted by Crippen LogP contribution is 2.11. The number of hydrogen-bond donors (Lipinski definition) is 2. The first-order valence-corrected chi connectivity index (χ1v) is 7.24. The summed E-state index contributed by atoms with van der Waals surface area (Å²) in [6.07, 6.45) is 2.17. The van der Waals surface area contributed by atoms with Gasteiger partial charge in [-0.25, -0.2) is 4.79 Å². The maximum Gasteiger partial charge on any atom is 0.335 e. The lowest BCUT2D eigenvalue weighted by atomic mass is 10.0. The second kappa shape index (κ2) is 7.60. The number of hydrogen-bond acceptors (Lipinski definition) is 2. The van der Waals surface area contributed by atoms with Gasteiger partial charge in [-0.1, -0.05) is 36.4 Å². The Balaban J connectivity index is 1.75. The molecule has 0 saturated carbocycles. The SMILES string of the molecule is Cc1cc(C(=O)O)ccc1CNCCCc1ccccc1. The van der Waals surface area contributed by atoms with Crippen molar-refractivity contribution >= 4 is 5.97 Å². The molecule has 2 aromatic carbocycles. The Kier molecular flexibility index (Phi) is 5.52. The Hall–Kier alpha value is -2.13. The molecule has 0 aliphatic heterocycles. The van der Waals surface area contributed by atoms with Gasteiger partial charge in [-0.2, -0.15) is 0 Å². The maximum atomic E-state index is 10.9. The second-order valence-corrected chi connectivity index (χ2v) is 5.21. The number of benzene rings is 2. The summed E-state index contributed by atoms with van der Waals surface area (Å²) in [5.74, 6) is -0.875. The van der Waals surface area contributed by atoms with Crippen LogP contribution in [0.25, 0.3) is 0 Å². The highest BCUT2D eigenvalue weighted by atomic mass is 16.4. The Morgan fingerprint density at radius 1 is 1.14 bits per heavy atom. The van der Waals surface area contributed by atoms with Gasteiger partial charge in [-0.3, -0.25) is 0 Å². The largest absolute Gasteiger partial charge is 0.478 e. The fourth-order valence-corrected chi connectivity index (χ4v) is 2.31. The zero-order chi connectivity index (χ0) is 15.1. The molecule has 2 N–H and O–H groups in total. The van der Waals surface area contributed by atoms with Crippen molar-refractivity contribution in [1.82, 2.24) is 5.32 Å². The van der Waals surface area contributed by atoms with Crippen molar-refractivity contribution in [2.45, 2.75) is 26.3 Å². The van der Waals surface area contributed by atoms with E-state index in [-0.39, 0.29) is 0 Å². The van der Waals surface area contributed by atoms with Crippen LogP contribution in [0.5, 0.6) is 0 Å². The van der Waals surface area contributed by atoms with Crippen LogP contribution in [0.3, 0.4) is 0 Å². The van der Waals surface area contributed by atoms with Gasteiger partial charge in [0.25, 0.3) is 0 Å². The first kappa shape index (κ1) is 15.3. The standard InChI is InChI=1S/C18H21NO2/c1-14-12-16(18(20)21)9-10-17(14)13-19-11-5-8-15-6-3-2-4-7-15/h2-4,6-7,9-10,12,19H,5,8,11,13H2,1H3,(H,20,21). The van der Waals surface area contributed by atoms with Crippen molar-refractivity contribution in [2.24, 2.45) is 0 Å². The molecular formula is C18H21NO2. The van der Waals surface area contributed by atoms with Gasteiger partial charge in [0, 0.05) is 6.54 Å².